The fourth-order valence-corrected chi connectivity index (χ4v) is 3.23. The van der Waals surface area contributed by atoms with Crippen molar-refractivity contribution >= 4 is 29.0 Å². The molecule has 1 saturated heterocycles. The standard InChI is InChI=1S/C15H19Cl2NO/c1-10(2)8-15(5-6-18-9-15)14(19)11-3-4-12(16)13(17)7-11/h3-4,7,10,18H,5-6,8-9H2,1-2H3. The summed E-state index contributed by atoms with van der Waals surface area (Å²) in [5, 5.41) is 4.24. The number of ketones is 1. The Morgan fingerprint density at radius 2 is 2.11 bits per heavy atom. The summed E-state index contributed by atoms with van der Waals surface area (Å²) in [6, 6.07) is 5.16. The molecule has 0 amide bonds. The minimum Gasteiger partial charge on any atom is -0.316 e. The molecule has 0 bridgehead atoms. The van der Waals surface area contributed by atoms with Gasteiger partial charge in [-0.15, -0.1) is 0 Å². The van der Waals surface area contributed by atoms with E-state index in [2.05, 4.69) is 19.2 Å². The average Bonchev–Trinajstić information content (AvgIpc) is 2.80. The molecule has 2 nitrogen and oxygen atoms in total. The number of nitrogens with one attached hydrogen (secondary N) is 1. The molecule has 1 atom stereocenters. The quantitative estimate of drug-likeness (QED) is 0.844. The minimum atomic E-state index is -0.286. The van der Waals surface area contributed by atoms with Gasteiger partial charge in [0.05, 0.1) is 10.0 Å². The van der Waals surface area contributed by atoms with E-state index in [-0.39, 0.29) is 11.2 Å². The lowest BCUT2D eigenvalue weighted by molar-refractivity contribution is 0.0782. The third kappa shape index (κ3) is 3.13. The summed E-state index contributed by atoms with van der Waals surface area (Å²) in [6.07, 6.45) is 1.79. The van der Waals surface area contributed by atoms with Gasteiger partial charge in [-0.3, -0.25) is 4.79 Å². The van der Waals surface area contributed by atoms with Crippen LogP contribution in [-0.4, -0.2) is 18.9 Å². The minimum absolute atomic E-state index is 0.185. The second-order valence-electron chi connectivity index (χ2n) is 5.76. The van der Waals surface area contributed by atoms with Crippen LogP contribution in [0.3, 0.4) is 0 Å². The molecule has 0 radical (unpaired) electrons. The normalized spacial score (nSPS) is 23.0. The van der Waals surface area contributed by atoms with E-state index in [0.717, 1.165) is 25.9 Å². The van der Waals surface area contributed by atoms with Crippen LogP contribution in [-0.2, 0) is 0 Å². The Kier molecular flexibility index (Phi) is 4.54. The number of hydrogen-bond acceptors (Lipinski definition) is 2. The lowest BCUT2D eigenvalue weighted by Crippen LogP contribution is -2.35. The molecule has 104 valence electrons. The van der Waals surface area contributed by atoms with Gasteiger partial charge in [-0.2, -0.15) is 0 Å². The SMILES string of the molecule is CC(C)CC1(C(=O)c2ccc(Cl)c(Cl)c2)CCNC1. The lowest BCUT2D eigenvalue weighted by atomic mass is 9.74. The molecular formula is C15H19Cl2NO. The Morgan fingerprint density at radius 1 is 1.37 bits per heavy atom. The van der Waals surface area contributed by atoms with Crippen LogP contribution in [0.5, 0.6) is 0 Å². The van der Waals surface area contributed by atoms with Crippen molar-refractivity contribution in [2.75, 3.05) is 13.1 Å². The van der Waals surface area contributed by atoms with E-state index in [1.54, 1.807) is 18.2 Å². The van der Waals surface area contributed by atoms with Gasteiger partial charge in [0.15, 0.2) is 5.78 Å². The number of benzene rings is 1. The van der Waals surface area contributed by atoms with E-state index in [1.165, 1.54) is 0 Å². The van der Waals surface area contributed by atoms with Crippen LogP contribution >= 0.6 is 23.2 Å². The highest BCUT2D eigenvalue weighted by Gasteiger charge is 2.41. The van der Waals surface area contributed by atoms with Gasteiger partial charge in [0, 0.05) is 17.5 Å². The molecule has 1 N–H and O–H groups in total. The fourth-order valence-electron chi connectivity index (χ4n) is 2.93. The van der Waals surface area contributed by atoms with Crippen LogP contribution in [0.25, 0.3) is 0 Å². The van der Waals surface area contributed by atoms with E-state index in [1.807, 2.05) is 0 Å². The number of hydrogen-bond donors (Lipinski definition) is 1. The third-order valence-electron chi connectivity index (χ3n) is 3.71. The van der Waals surface area contributed by atoms with Crippen molar-refractivity contribution < 1.29 is 4.79 Å². The Labute approximate surface area is 124 Å². The van der Waals surface area contributed by atoms with Crippen LogP contribution in [0.2, 0.25) is 10.0 Å². The van der Waals surface area contributed by atoms with Gasteiger partial charge >= 0.3 is 0 Å². The molecule has 0 aromatic heterocycles. The predicted octanol–water partition coefficient (Wildman–Crippen LogP) is 4.20. The van der Waals surface area contributed by atoms with Crippen molar-refractivity contribution in [3.63, 3.8) is 0 Å². The molecule has 4 heteroatoms. The Bertz CT molecular complexity index is 479. The van der Waals surface area contributed by atoms with Gasteiger partial charge in [-0.05, 0) is 43.5 Å². The molecule has 1 aromatic rings. The van der Waals surface area contributed by atoms with Gasteiger partial charge < -0.3 is 5.32 Å². The van der Waals surface area contributed by atoms with E-state index in [9.17, 15) is 4.79 Å². The third-order valence-corrected chi connectivity index (χ3v) is 4.45. The van der Waals surface area contributed by atoms with Crippen molar-refractivity contribution in [1.29, 1.82) is 0 Å². The lowest BCUT2D eigenvalue weighted by Gasteiger charge is -2.28. The van der Waals surface area contributed by atoms with Crippen molar-refractivity contribution in [3.05, 3.63) is 33.8 Å². The first-order valence-corrected chi connectivity index (χ1v) is 7.41. The van der Waals surface area contributed by atoms with Crippen LogP contribution < -0.4 is 5.32 Å². The van der Waals surface area contributed by atoms with Crippen molar-refractivity contribution in [3.8, 4) is 0 Å². The number of Topliss-reactive ketones (excluding diaryl/α,β-unsaturated/α-hetero) is 1. The highest BCUT2D eigenvalue weighted by Crippen LogP contribution is 2.37. The first kappa shape index (κ1) is 14.8. The second kappa shape index (κ2) is 5.82. The molecule has 1 aliphatic heterocycles. The summed E-state index contributed by atoms with van der Waals surface area (Å²) >= 11 is 11.9. The van der Waals surface area contributed by atoms with E-state index in [4.69, 9.17) is 23.2 Å². The van der Waals surface area contributed by atoms with Gasteiger partial charge in [-0.25, -0.2) is 0 Å². The van der Waals surface area contributed by atoms with E-state index in [0.29, 0.717) is 21.5 Å². The molecule has 1 unspecified atom stereocenters. The molecular weight excluding hydrogens is 281 g/mol. The van der Waals surface area contributed by atoms with E-state index >= 15 is 0 Å². The van der Waals surface area contributed by atoms with Crippen molar-refractivity contribution in [2.45, 2.75) is 26.7 Å². The summed E-state index contributed by atoms with van der Waals surface area (Å²) in [5.74, 6) is 0.677. The maximum absolute atomic E-state index is 12.8. The first-order valence-electron chi connectivity index (χ1n) is 6.65. The van der Waals surface area contributed by atoms with Crippen molar-refractivity contribution in [2.24, 2.45) is 11.3 Å². The van der Waals surface area contributed by atoms with Gasteiger partial charge in [0.2, 0.25) is 0 Å². The summed E-state index contributed by atoms with van der Waals surface area (Å²) in [4.78, 5) is 12.8. The zero-order chi connectivity index (χ0) is 14.0. The van der Waals surface area contributed by atoms with Crippen molar-refractivity contribution in [1.82, 2.24) is 5.32 Å². The highest BCUT2D eigenvalue weighted by molar-refractivity contribution is 6.42. The number of carbonyl (C=O) groups is 1. The molecule has 0 spiro atoms. The Balaban J connectivity index is 2.31. The topological polar surface area (TPSA) is 29.1 Å². The summed E-state index contributed by atoms with van der Waals surface area (Å²) < 4.78 is 0. The van der Waals surface area contributed by atoms with E-state index < -0.39 is 0 Å². The second-order valence-corrected chi connectivity index (χ2v) is 6.58. The number of carbonyl (C=O) groups excluding carboxylic acids is 1. The molecule has 0 aliphatic carbocycles. The molecule has 1 aromatic carbocycles. The molecule has 1 heterocycles. The maximum atomic E-state index is 12.8. The fraction of sp³-hybridized carbons (Fsp3) is 0.533. The zero-order valence-corrected chi connectivity index (χ0v) is 12.8. The monoisotopic (exact) mass is 299 g/mol. The highest BCUT2D eigenvalue weighted by atomic mass is 35.5. The molecule has 1 aliphatic rings. The molecule has 19 heavy (non-hydrogen) atoms. The summed E-state index contributed by atoms with van der Waals surface area (Å²) in [6.45, 7) is 5.97. The van der Waals surface area contributed by atoms with Crippen LogP contribution in [0.4, 0.5) is 0 Å². The van der Waals surface area contributed by atoms with Gasteiger partial charge in [-0.1, -0.05) is 37.0 Å². The largest absolute Gasteiger partial charge is 0.316 e. The van der Waals surface area contributed by atoms with Crippen LogP contribution in [0.1, 0.15) is 37.0 Å². The first-order chi connectivity index (χ1) is 8.94. The molecule has 0 saturated carbocycles. The van der Waals surface area contributed by atoms with Crippen LogP contribution in [0, 0.1) is 11.3 Å². The average molecular weight is 300 g/mol. The van der Waals surface area contributed by atoms with Gasteiger partial charge in [0.25, 0.3) is 0 Å². The zero-order valence-electron chi connectivity index (χ0n) is 11.3. The smallest absolute Gasteiger partial charge is 0.170 e. The van der Waals surface area contributed by atoms with Crippen LogP contribution in [0.15, 0.2) is 18.2 Å². The number of halogens is 2. The van der Waals surface area contributed by atoms with Gasteiger partial charge in [0.1, 0.15) is 0 Å². The Morgan fingerprint density at radius 3 is 2.63 bits per heavy atom. The summed E-state index contributed by atoms with van der Waals surface area (Å²) in [5.41, 5.74) is 0.379. The maximum Gasteiger partial charge on any atom is 0.170 e. The predicted molar refractivity (Wildman–Crippen MR) is 80.2 cm³/mol. The molecule has 1 fully saturated rings. The summed E-state index contributed by atoms with van der Waals surface area (Å²) in [7, 11) is 0. The molecule has 2 rings (SSSR count). The number of rotatable bonds is 4. The Hall–Kier alpha value is -0.570.